The van der Waals surface area contributed by atoms with Gasteiger partial charge in [0.25, 0.3) is 0 Å². The van der Waals surface area contributed by atoms with E-state index in [0.29, 0.717) is 0 Å². The van der Waals surface area contributed by atoms with Crippen LogP contribution < -0.4 is 0 Å². The number of hydrogen-bond acceptors (Lipinski definition) is 0. The summed E-state index contributed by atoms with van der Waals surface area (Å²) in [6, 6.07) is 0. The lowest BCUT2D eigenvalue weighted by molar-refractivity contribution is -0.489. The van der Waals surface area contributed by atoms with Gasteiger partial charge in [0.1, 0.15) is 0 Å². The largest absolute Gasteiger partial charge is 0.460 e. The average molecular weight is 798 g/mol. The minimum Gasteiger partial charge on any atom is -0.200 e. The van der Waals surface area contributed by atoms with E-state index < -0.39 is 102 Å². The first-order chi connectivity index (χ1) is 20.1. The van der Waals surface area contributed by atoms with Crippen molar-refractivity contribution in [3.05, 3.63) is 0 Å². The maximum atomic E-state index is 13.7. The van der Waals surface area contributed by atoms with E-state index in [1.54, 1.807) is 0 Å². The second kappa shape index (κ2) is 10.9. The van der Waals surface area contributed by atoms with E-state index in [4.69, 9.17) is 0 Å². The molecule has 0 radical (unpaired) electrons. The third kappa shape index (κ3) is 5.00. The van der Waals surface area contributed by atoms with Crippen molar-refractivity contribution < 1.29 is 136 Å². The van der Waals surface area contributed by atoms with Gasteiger partial charge in [-0.05, 0) is 0 Å². The second-order valence-electron chi connectivity index (χ2n) is 9.02. The predicted octanol–water partition coefficient (Wildman–Crippen LogP) is 10.9. The second-order valence-corrected chi connectivity index (χ2v) is 9.02. The van der Waals surface area contributed by atoms with Gasteiger partial charge in [-0.15, -0.1) is 0 Å². The van der Waals surface area contributed by atoms with Crippen molar-refractivity contribution in [2.45, 2.75) is 102 Å². The topological polar surface area (TPSA) is 0 Å². The lowest BCUT2D eigenvalue weighted by Crippen LogP contribution is -2.79. The molecular formula is C17H5F31. The van der Waals surface area contributed by atoms with Crippen molar-refractivity contribution in [3.8, 4) is 0 Å². The smallest absolute Gasteiger partial charge is 0.200 e. The molecule has 0 unspecified atom stereocenters. The Morgan fingerprint density at radius 3 is 0.458 bits per heavy atom. The first-order valence-electron chi connectivity index (χ1n) is 10.4. The zero-order chi connectivity index (χ0) is 40.2. The number of alkyl halides is 31. The minimum absolute atomic E-state index is 0.398. The van der Waals surface area contributed by atoms with Gasteiger partial charge in [-0.3, -0.25) is 0 Å². The van der Waals surface area contributed by atoms with Gasteiger partial charge in [-0.1, -0.05) is 6.92 Å². The summed E-state index contributed by atoms with van der Waals surface area (Å²) in [4.78, 5) is 0. The van der Waals surface area contributed by atoms with Crippen LogP contribution >= 0.6 is 0 Å². The lowest BCUT2D eigenvalue weighted by atomic mass is 9.83. The molecule has 0 spiro atoms. The highest BCUT2D eigenvalue weighted by Crippen LogP contribution is 2.69. The predicted molar refractivity (Wildman–Crippen MR) is 85.6 cm³/mol. The van der Waals surface area contributed by atoms with Gasteiger partial charge in [0.05, 0.1) is 0 Å². The molecule has 0 atom stereocenters. The van der Waals surface area contributed by atoms with Crippen molar-refractivity contribution in [1.29, 1.82) is 0 Å². The number of halogens is 31. The molecule has 0 fully saturated rings. The Hall–Kier alpha value is -2.17. The molecule has 48 heavy (non-hydrogen) atoms. The summed E-state index contributed by atoms with van der Waals surface area (Å²) >= 11 is 0. The van der Waals surface area contributed by atoms with Crippen LogP contribution in [0.1, 0.15) is 13.3 Å². The van der Waals surface area contributed by atoms with Crippen LogP contribution in [0.5, 0.6) is 0 Å². The summed E-state index contributed by atoms with van der Waals surface area (Å²) in [6.07, 6.45) is -11.2. The van der Waals surface area contributed by atoms with Gasteiger partial charge in [-0.25, -0.2) is 0 Å². The van der Waals surface area contributed by atoms with E-state index in [0.717, 1.165) is 0 Å². The summed E-state index contributed by atoms with van der Waals surface area (Å²) in [5, 5.41) is 0. The Morgan fingerprint density at radius 1 is 0.208 bits per heavy atom. The van der Waals surface area contributed by atoms with Gasteiger partial charge in [0.15, 0.2) is 0 Å². The van der Waals surface area contributed by atoms with Gasteiger partial charge in [-0.2, -0.15) is 136 Å². The molecule has 0 rings (SSSR count). The molecule has 0 amide bonds. The molecule has 0 aromatic carbocycles. The summed E-state index contributed by atoms with van der Waals surface area (Å²) in [6.45, 7) is -0.398. The first kappa shape index (κ1) is 45.8. The van der Waals surface area contributed by atoms with Crippen molar-refractivity contribution in [2.75, 3.05) is 0 Å². The van der Waals surface area contributed by atoms with E-state index in [1.807, 2.05) is 0 Å². The Bertz CT molecular complexity index is 1160. The molecule has 0 aromatic rings. The maximum Gasteiger partial charge on any atom is 0.460 e. The molecule has 0 saturated heterocycles. The van der Waals surface area contributed by atoms with Gasteiger partial charge in [0.2, 0.25) is 0 Å². The van der Waals surface area contributed by atoms with Crippen molar-refractivity contribution >= 4 is 0 Å². The molecule has 31 heteroatoms. The molecule has 0 N–H and O–H groups in total. The van der Waals surface area contributed by atoms with Crippen LogP contribution in [0.25, 0.3) is 0 Å². The highest BCUT2D eigenvalue weighted by molar-refractivity contribution is 5.21. The van der Waals surface area contributed by atoms with Crippen molar-refractivity contribution in [1.82, 2.24) is 0 Å². The SMILES string of the molecule is CCC(F)(F)C(F)(F)C(F)(F)C(F)(F)C(F)(F)C(F)(F)C(F)(F)C(F)(F)C(F)(F)C(F)(F)C(F)(F)C(F)(F)C(F)(F)C(F)(F)C(F)(F)F. The number of rotatable bonds is 14. The fraction of sp³-hybridized carbons (Fsp3) is 1.00. The van der Waals surface area contributed by atoms with E-state index >= 15 is 0 Å². The lowest BCUT2D eigenvalue weighted by Gasteiger charge is -2.46. The van der Waals surface area contributed by atoms with Gasteiger partial charge < -0.3 is 0 Å². The third-order valence-corrected chi connectivity index (χ3v) is 5.99. The Labute approximate surface area is 240 Å². The molecule has 0 bridgehead atoms. The monoisotopic (exact) mass is 798 g/mol. The summed E-state index contributed by atoms with van der Waals surface area (Å²) in [7, 11) is 0. The summed E-state index contributed by atoms with van der Waals surface area (Å²) in [5.41, 5.74) is 0. The summed E-state index contributed by atoms with van der Waals surface area (Å²) in [5.74, 6) is -131. The quantitative estimate of drug-likeness (QED) is 0.154. The van der Waals surface area contributed by atoms with E-state index in [2.05, 4.69) is 0 Å². The van der Waals surface area contributed by atoms with E-state index in [-0.39, 0.29) is 0 Å². The van der Waals surface area contributed by atoms with Gasteiger partial charge in [0, 0.05) is 6.42 Å². The summed E-state index contributed by atoms with van der Waals surface area (Å²) < 4.78 is 412. The molecule has 0 saturated carbocycles. The molecule has 0 aliphatic rings. The Balaban J connectivity index is 7.63. The maximum absolute atomic E-state index is 13.7. The van der Waals surface area contributed by atoms with Crippen molar-refractivity contribution in [3.63, 3.8) is 0 Å². The fourth-order valence-corrected chi connectivity index (χ4v) is 2.80. The third-order valence-electron chi connectivity index (χ3n) is 5.99. The first-order valence-corrected chi connectivity index (χ1v) is 10.4. The molecule has 0 aromatic heterocycles. The highest BCUT2D eigenvalue weighted by atomic mass is 19.4. The van der Waals surface area contributed by atoms with Crippen LogP contribution in [0, 0.1) is 0 Å². The normalized spacial score (nSPS) is 17.2. The van der Waals surface area contributed by atoms with Gasteiger partial charge >= 0.3 is 89.1 Å². The molecule has 0 aliphatic carbocycles. The van der Waals surface area contributed by atoms with E-state index in [9.17, 15) is 136 Å². The number of hydrogen-bond donors (Lipinski definition) is 0. The van der Waals surface area contributed by atoms with Crippen LogP contribution in [0.3, 0.4) is 0 Å². The van der Waals surface area contributed by atoms with Crippen LogP contribution in [-0.2, 0) is 0 Å². The van der Waals surface area contributed by atoms with Crippen LogP contribution in [-0.4, -0.2) is 89.1 Å². The van der Waals surface area contributed by atoms with Crippen LogP contribution in [0.4, 0.5) is 136 Å². The molecule has 290 valence electrons. The molecule has 0 aliphatic heterocycles. The molecular weight excluding hydrogens is 793 g/mol. The molecule has 0 nitrogen and oxygen atoms in total. The van der Waals surface area contributed by atoms with Crippen LogP contribution in [0.2, 0.25) is 0 Å². The highest BCUT2D eigenvalue weighted by Gasteiger charge is 3.01. The fourth-order valence-electron chi connectivity index (χ4n) is 2.80. The zero-order valence-corrected chi connectivity index (χ0v) is 20.9. The van der Waals surface area contributed by atoms with Crippen molar-refractivity contribution in [2.24, 2.45) is 0 Å². The Kier molecular flexibility index (Phi) is 10.4. The standard InChI is InChI=1S/C17H5F31/c1-2-3(18,19)4(20,21)5(22,23)6(24,25)7(26,27)8(28,29)9(30,31)10(32,33)11(34,35)12(36,37)13(38,39)14(40,41)15(42,43)16(44,45)17(46,47)48/h2H2,1H3. The minimum atomic E-state index is -10.0. The molecule has 0 heterocycles. The van der Waals surface area contributed by atoms with Crippen LogP contribution in [0.15, 0.2) is 0 Å². The van der Waals surface area contributed by atoms with E-state index in [1.165, 1.54) is 0 Å². The zero-order valence-electron chi connectivity index (χ0n) is 20.9. The average Bonchev–Trinajstić information content (AvgIpc) is 2.86. The Morgan fingerprint density at radius 2 is 0.333 bits per heavy atom.